The molecule has 3 nitrogen and oxygen atoms in total. The van der Waals surface area contributed by atoms with E-state index in [-0.39, 0.29) is 5.54 Å². The van der Waals surface area contributed by atoms with Gasteiger partial charge in [-0.15, -0.1) is 0 Å². The zero-order valence-electron chi connectivity index (χ0n) is 9.58. The molecule has 1 unspecified atom stereocenters. The van der Waals surface area contributed by atoms with Crippen LogP contribution in [0, 0.1) is 0 Å². The van der Waals surface area contributed by atoms with Crippen LogP contribution in [0.1, 0.15) is 24.0 Å². The summed E-state index contributed by atoms with van der Waals surface area (Å²) < 4.78 is 6.57. The molecule has 0 fully saturated rings. The van der Waals surface area contributed by atoms with Gasteiger partial charge in [-0.2, -0.15) is 0 Å². The fourth-order valence-corrected chi connectivity index (χ4v) is 3.42. The number of ether oxygens (including phenoxy) is 1. The lowest BCUT2D eigenvalue weighted by Gasteiger charge is -2.21. The first-order valence-corrected chi connectivity index (χ1v) is 6.72. The van der Waals surface area contributed by atoms with Crippen LogP contribution in [-0.2, 0) is 17.6 Å². The lowest BCUT2D eigenvalue weighted by atomic mass is 9.90. The molecule has 1 aromatic rings. The molecule has 3 rings (SSSR count). The zero-order valence-corrected chi connectivity index (χ0v) is 11.2. The first-order chi connectivity index (χ1) is 8.19. The van der Waals surface area contributed by atoms with Crippen molar-refractivity contribution in [1.82, 2.24) is 0 Å². The van der Waals surface area contributed by atoms with Crippen molar-refractivity contribution in [3.8, 4) is 0 Å². The Kier molecular flexibility index (Phi) is 2.62. The third-order valence-electron chi connectivity index (χ3n) is 3.64. The molecule has 0 aromatic heterocycles. The van der Waals surface area contributed by atoms with Crippen LogP contribution < -0.4 is 5.73 Å². The Labute approximate surface area is 109 Å². The number of nitrogens with two attached hydrogens (primary N) is 1. The summed E-state index contributed by atoms with van der Waals surface area (Å²) in [5.74, 6) is 0. The number of hydrogen-bond donors (Lipinski definition) is 1. The topological polar surface area (TPSA) is 47.6 Å². The number of hydrogen-bond acceptors (Lipinski definition) is 3. The van der Waals surface area contributed by atoms with Crippen LogP contribution in [-0.4, -0.2) is 18.2 Å². The fraction of sp³-hybridized carbons (Fsp3) is 0.462. The van der Waals surface area contributed by atoms with Gasteiger partial charge in [0, 0.05) is 10.9 Å². The van der Waals surface area contributed by atoms with Gasteiger partial charge in [0.2, 0.25) is 0 Å². The van der Waals surface area contributed by atoms with Gasteiger partial charge in [0.05, 0.1) is 0 Å². The second-order valence-corrected chi connectivity index (χ2v) is 5.73. The van der Waals surface area contributed by atoms with Crippen LogP contribution in [0.5, 0.6) is 0 Å². The third-order valence-corrected chi connectivity index (χ3v) is 4.38. The van der Waals surface area contributed by atoms with Gasteiger partial charge in [-0.05, 0) is 36.5 Å². The summed E-state index contributed by atoms with van der Waals surface area (Å²) in [5, 5.41) is 0. The highest BCUT2D eigenvalue weighted by Crippen LogP contribution is 2.35. The summed E-state index contributed by atoms with van der Waals surface area (Å²) in [4.78, 5) is 4.52. The maximum atomic E-state index is 5.66. The molecule has 0 amide bonds. The molecule has 90 valence electrons. The van der Waals surface area contributed by atoms with E-state index in [1.54, 1.807) is 0 Å². The van der Waals surface area contributed by atoms with Gasteiger partial charge < -0.3 is 10.5 Å². The SMILES string of the molecule is NC1=NC2(CCCc3c(Br)cccc3C2)CO1. The van der Waals surface area contributed by atoms with Crippen molar-refractivity contribution in [2.75, 3.05) is 6.61 Å². The van der Waals surface area contributed by atoms with E-state index in [0.717, 1.165) is 25.7 Å². The molecule has 0 bridgehead atoms. The maximum Gasteiger partial charge on any atom is 0.282 e. The lowest BCUT2D eigenvalue weighted by Crippen LogP contribution is -2.30. The number of rotatable bonds is 0. The molecule has 1 heterocycles. The zero-order chi connectivity index (χ0) is 11.9. The van der Waals surface area contributed by atoms with Crippen LogP contribution in [0.2, 0.25) is 0 Å². The highest BCUT2D eigenvalue weighted by atomic mass is 79.9. The number of aliphatic imine (C=N–C) groups is 1. The fourth-order valence-electron chi connectivity index (χ4n) is 2.81. The smallest absolute Gasteiger partial charge is 0.282 e. The van der Waals surface area contributed by atoms with E-state index in [2.05, 4.69) is 39.1 Å². The van der Waals surface area contributed by atoms with Gasteiger partial charge >= 0.3 is 0 Å². The molecule has 0 saturated carbocycles. The summed E-state index contributed by atoms with van der Waals surface area (Å²) in [6.45, 7) is 0.630. The molecule has 1 aliphatic heterocycles. The summed E-state index contributed by atoms with van der Waals surface area (Å²) in [7, 11) is 0. The van der Waals surface area contributed by atoms with Gasteiger partial charge in [0.25, 0.3) is 6.02 Å². The minimum atomic E-state index is -0.115. The Hall–Kier alpha value is -1.03. The van der Waals surface area contributed by atoms with Gasteiger partial charge in [0.1, 0.15) is 12.1 Å². The normalized spacial score (nSPS) is 27.2. The van der Waals surface area contributed by atoms with E-state index in [4.69, 9.17) is 10.5 Å². The molecule has 1 spiro atoms. The molecule has 0 radical (unpaired) electrons. The Morgan fingerprint density at radius 2 is 2.29 bits per heavy atom. The molecular weight excluding hydrogens is 280 g/mol. The predicted molar refractivity (Wildman–Crippen MR) is 71.1 cm³/mol. The van der Waals surface area contributed by atoms with Crippen molar-refractivity contribution in [2.45, 2.75) is 31.2 Å². The largest absolute Gasteiger partial charge is 0.463 e. The first kappa shape index (κ1) is 11.1. The second-order valence-electron chi connectivity index (χ2n) is 4.87. The summed E-state index contributed by atoms with van der Waals surface area (Å²) >= 11 is 3.63. The van der Waals surface area contributed by atoms with Crippen LogP contribution in [0.4, 0.5) is 0 Å². The minimum absolute atomic E-state index is 0.115. The summed E-state index contributed by atoms with van der Waals surface area (Å²) in [5.41, 5.74) is 8.34. The van der Waals surface area contributed by atoms with Crippen LogP contribution >= 0.6 is 15.9 Å². The minimum Gasteiger partial charge on any atom is -0.463 e. The molecule has 17 heavy (non-hydrogen) atoms. The Bertz CT molecular complexity index is 486. The Morgan fingerprint density at radius 3 is 3.06 bits per heavy atom. The Morgan fingerprint density at radius 1 is 1.41 bits per heavy atom. The number of fused-ring (bicyclic) bond motifs is 1. The van der Waals surface area contributed by atoms with Crippen molar-refractivity contribution in [1.29, 1.82) is 0 Å². The molecule has 2 aliphatic rings. The van der Waals surface area contributed by atoms with Crippen molar-refractivity contribution in [3.63, 3.8) is 0 Å². The van der Waals surface area contributed by atoms with E-state index in [9.17, 15) is 0 Å². The molecule has 1 aliphatic carbocycles. The van der Waals surface area contributed by atoms with Crippen molar-refractivity contribution in [2.24, 2.45) is 10.7 Å². The third kappa shape index (κ3) is 1.95. The van der Waals surface area contributed by atoms with E-state index in [1.165, 1.54) is 15.6 Å². The van der Waals surface area contributed by atoms with E-state index < -0.39 is 0 Å². The van der Waals surface area contributed by atoms with Crippen molar-refractivity contribution >= 4 is 22.0 Å². The van der Waals surface area contributed by atoms with Crippen molar-refractivity contribution < 1.29 is 4.74 Å². The van der Waals surface area contributed by atoms with Crippen LogP contribution in [0.3, 0.4) is 0 Å². The molecule has 4 heteroatoms. The second kappa shape index (κ2) is 4.02. The number of benzene rings is 1. The van der Waals surface area contributed by atoms with E-state index >= 15 is 0 Å². The molecular formula is C13H15BrN2O. The monoisotopic (exact) mass is 294 g/mol. The summed E-state index contributed by atoms with van der Waals surface area (Å²) in [6.07, 6.45) is 4.22. The average molecular weight is 295 g/mol. The standard InChI is InChI=1S/C13H15BrN2O/c14-11-5-1-3-9-7-13(6-2-4-10(9)11)8-17-12(15)16-13/h1,3,5H,2,4,6-8H2,(H2,15,16). The Balaban J connectivity index is 2.00. The van der Waals surface area contributed by atoms with E-state index in [1.807, 2.05) is 0 Å². The van der Waals surface area contributed by atoms with Gasteiger partial charge in [-0.3, -0.25) is 0 Å². The molecule has 1 aromatic carbocycles. The number of halogens is 1. The predicted octanol–water partition coefficient (Wildman–Crippen LogP) is 2.41. The van der Waals surface area contributed by atoms with Crippen LogP contribution in [0.25, 0.3) is 0 Å². The van der Waals surface area contributed by atoms with E-state index in [0.29, 0.717) is 12.6 Å². The van der Waals surface area contributed by atoms with Gasteiger partial charge in [-0.1, -0.05) is 28.1 Å². The molecule has 1 atom stereocenters. The number of nitrogens with zero attached hydrogens (tertiary/aromatic N) is 1. The highest BCUT2D eigenvalue weighted by Gasteiger charge is 2.38. The summed E-state index contributed by atoms with van der Waals surface area (Å²) in [6, 6.07) is 6.74. The average Bonchev–Trinajstić information content (AvgIpc) is 2.55. The lowest BCUT2D eigenvalue weighted by molar-refractivity contribution is 0.241. The first-order valence-electron chi connectivity index (χ1n) is 5.93. The van der Waals surface area contributed by atoms with Crippen molar-refractivity contribution in [3.05, 3.63) is 33.8 Å². The van der Waals surface area contributed by atoms with Crippen LogP contribution in [0.15, 0.2) is 27.7 Å². The molecule has 2 N–H and O–H groups in total. The van der Waals surface area contributed by atoms with Gasteiger partial charge in [-0.25, -0.2) is 4.99 Å². The van der Waals surface area contributed by atoms with Gasteiger partial charge in [0.15, 0.2) is 0 Å². The number of amidine groups is 1. The quantitative estimate of drug-likeness (QED) is 0.799. The molecule has 0 saturated heterocycles. The maximum absolute atomic E-state index is 5.66. The highest BCUT2D eigenvalue weighted by molar-refractivity contribution is 9.10.